The highest BCUT2D eigenvalue weighted by Crippen LogP contribution is 2.27. The molecule has 0 aliphatic rings. The second-order valence-corrected chi connectivity index (χ2v) is 4.93. The van der Waals surface area contributed by atoms with Crippen LogP contribution in [-0.2, 0) is 0 Å². The lowest BCUT2D eigenvalue weighted by molar-refractivity contribution is 0.253. The van der Waals surface area contributed by atoms with Crippen LogP contribution in [0.2, 0.25) is 0 Å². The van der Waals surface area contributed by atoms with Gasteiger partial charge in [-0.25, -0.2) is 4.98 Å². The molecule has 0 amide bonds. The van der Waals surface area contributed by atoms with E-state index in [0.29, 0.717) is 11.6 Å². The van der Waals surface area contributed by atoms with Crippen molar-refractivity contribution in [1.29, 1.82) is 0 Å². The number of fused-ring (bicyclic) bond motifs is 1. The molecule has 0 saturated carbocycles. The number of ether oxygens (including phenoxy) is 1. The van der Waals surface area contributed by atoms with Gasteiger partial charge in [-0.15, -0.1) is 0 Å². The molecule has 0 aliphatic carbocycles. The summed E-state index contributed by atoms with van der Waals surface area (Å²) >= 11 is 0. The van der Waals surface area contributed by atoms with Crippen LogP contribution < -0.4 is 4.74 Å². The summed E-state index contributed by atoms with van der Waals surface area (Å²) in [6.45, 7) is 1.63. The molecule has 4 nitrogen and oxygen atoms in total. The quantitative estimate of drug-likeness (QED) is 0.739. The fourth-order valence-corrected chi connectivity index (χ4v) is 2.29. The van der Waals surface area contributed by atoms with Crippen molar-refractivity contribution in [2.24, 2.45) is 0 Å². The number of hydrogen-bond donors (Lipinski definition) is 1. The van der Waals surface area contributed by atoms with E-state index in [0.717, 1.165) is 16.8 Å². The standard InChI is InChI=1S/C18H16N2O2/c1-13(21)8-9-16-12-19-17-10-15(11-18(22-2)20(16)17)14-6-4-3-5-7-14/h3-7,10-13,21H,1-2H3. The highest BCUT2D eigenvalue weighted by atomic mass is 16.5. The van der Waals surface area contributed by atoms with Gasteiger partial charge in [0, 0.05) is 6.07 Å². The third-order valence-corrected chi connectivity index (χ3v) is 3.30. The molecule has 0 radical (unpaired) electrons. The zero-order valence-electron chi connectivity index (χ0n) is 12.4. The summed E-state index contributed by atoms with van der Waals surface area (Å²) in [6.07, 6.45) is 1.00. The van der Waals surface area contributed by atoms with Gasteiger partial charge in [-0.2, -0.15) is 0 Å². The van der Waals surface area contributed by atoms with Gasteiger partial charge in [0.1, 0.15) is 17.4 Å². The summed E-state index contributed by atoms with van der Waals surface area (Å²) in [5, 5.41) is 9.31. The predicted octanol–water partition coefficient (Wildman–Crippen LogP) is 2.74. The minimum Gasteiger partial charge on any atom is -0.482 e. The first-order valence-corrected chi connectivity index (χ1v) is 6.99. The van der Waals surface area contributed by atoms with Gasteiger partial charge < -0.3 is 9.84 Å². The molecule has 0 spiro atoms. The molecule has 0 saturated heterocycles. The molecule has 2 aromatic heterocycles. The normalized spacial score (nSPS) is 11.8. The van der Waals surface area contributed by atoms with Crippen molar-refractivity contribution in [2.45, 2.75) is 13.0 Å². The van der Waals surface area contributed by atoms with Gasteiger partial charge in [0.25, 0.3) is 0 Å². The number of benzene rings is 1. The summed E-state index contributed by atoms with van der Waals surface area (Å²) in [6, 6.07) is 14.0. The maximum atomic E-state index is 9.31. The van der Waals surface area contributed by atoms with Crippen molar-refractivity contribution in [3.05, 3.63) is 54.4 Å². The van der Waals surface area contributed by atoms with E-state index in [1.165, 1.54) is 0 Å². The van der Waals surface area contributed by atoms with Crippen molar-refractivity contribution in [3.63, 3.8) is 0 Å². The first-order valence-electron chi connectivity index (χ1n) is 6.99. The first kappa shape index (κ1) is 14.2. The SMILES string of the molecule is COc1cc(-c2ccccc2)cc2ncc(C#CC(C)O)n12. The van der Waals surface area contributed by atoms with Crippen molar-refractivity contribution >= 4 is 5.65 Å². The fraction of sp³-hybridized carbons (Fsp3) is 0.167. The Morgan fingerprint density at radius 2 is 1.95 bits per heavy atom. The molecule has 2 heterocycles. The average Bonchev–Trinajstić information content (AvgIpc) is 2.96. The van der Waals surface area contributed by atoms with E-state index < -0.39 is 6.10 Å². The van der Waals surface area contributed by atoms with Gasteiger partial charge in [-0.3, -0.25) is 4.40 Å². The second-order valence-electron chi connectivity index (χ2n) is 4.93. The Hall–Kier alpha value is -2.77. The average molecular weight is 292 g/mol. The Bertz CT molecular complexity index is 855. The molecular formula is C18H16N2O2. The predicted molar refractivity (Wildman–Crippen MR) is 85.7 cm³/mol. The number of pyridine rings is 1. The molecule has 22 heavy (non-hydrogen) atoms. The van der Waals surface area contributed by atoms with Crippen LogP contribution in [0.3, 0.4) is 0 Å². The highest BCUT2D eigenvalue weighted by molar-refractivity contribution is 5.69. The molecule has 110 valence electrons. The van der Waals surface area contributed by atoms with E-state index in [1.807, 2.05) is 46.9 Å². The van der Waals surface area contributed by atoms with Gasteiger partial charge >= 0.3 is 0 Å². The zero-order chi connectivity index (χ0) is 15.5. The van der Waals surface area contributed by atoms with Gasteiger partial charge in [0.15, 0.2) is 0 Å². The number of nitrogens with zero attached hydrogens (tertiary/aromatic N) is 2. The van der Waals surface area contributed by atoms with E-state index >= 15 is 0 Å². The summed E-state index contributed by atoms with van der Waals surface area (Å²) in [5.74, 6) is 6.30. The molecule has 3 rings (SSSR count). The number of aliphatic hydroxyl groups excluding tert-OH is 1. The van der Waals surface area contributed by atoms with E-state index in [2.05, 4.69) is 16.8 Å². The molecule has 4 heteroatoms. The lowest BCUT2D eigenvalue weighted by Gasteiger charge is -2.09. The minimum atomic E-state index is -0.680. The van der Waals surface area contributed by atoms with E-state index in [-0.39, 0.29) is 0 Å². The molecular weight excluding hydrogens is 276 g/mol. The molecule has 0 fully saturated rings. The summed E-state index contributed by atoms with van der Waals surface area (Å²) in [7, 11) is 1.62. The molecule has 1 aromatic carbocycles. The summed E-state index contributed by atoms with van der Waals surface area (Å²) in [4.78, 5) is 4.39. The number of aliphatic hydroxyl groups is 1. The van der Waals surface area contributed by atoms with Crippen LogP contribution in [0.25, 0.3) is 16.8 Å². The van der Waals surface area contributed by atoms with Gasteiger partial charge in [0.2, 0.25) is 5.88 Å². The van der Waals surface area contributed by atoms with Gasteiger partial charge in [-0.1, -0.05) is 36.3 Å². The number of hydrogen-bond acceptors (Lipinski definition) is 3. The monoisotopic (exact) mass is 292 g/mol. The Balaban J connectivity index is 2.17. The Kier molecular flexibility index (Phi) is 3.82. The molecule has 1 unspecified atom stereocenters. The van der Waals surface area contributed by atoms with E-state index in [1.54, 1.807) is 20.2 Å². The molecule has 0 bridgehead atoms. The Labute approximate surface area is 129 Å². The Morgan fingerprint density at radius 3 is 2.64 bits per heavy atom. The van der Waals surface area contributed by atoms with E-state index in [9.17, 15) is 5.11 Å². The van der Waals surface area contributed by atoms with Crippen LogP contribution in [0, 0.1) is 11.8 Å². The lowest BCUT2D eigenvalue weighted by Crippen LogP contribution is -1.98. The topological polar surface area (TPSA) is 46.8 Å². The maximum absolute atomic E-state index is 9.31. The number of imidazole rings is 1. The van der Waals surface area contributed by atoms with Crippen LogP contribution in [0.5, 0.6) is 5.88 Å². The largest absolute Gasteiger partial charge is 0.482 e. The van der Waals surface area contributed by atoms with Crippen LogP contribution >= 0.6 is 0 Å². The zero-order valence-corrected chi connectivity index (χ0v) is 12.4. The van der Waals surface area contributed by atoms with Crippen LogP contribution in [0.15, 0.2) is 48.7 Å². The molecule has 1 N–H and O–H groups in total. The fourth-order valence-electron chi connectivity index (χ4n) is 2.29. The maximum Gasteiger partial charge on any atom is 0.200 e. The summed E-state index contributed by atoms with van der Waals surface area (Å²) in [5.41, 5.74) is 3.58. The second kappa shape index (κ2) is 5.92. The summed E-state index contributed by atoms with van der Waals surface area (Å²) < 4.78 is 7.32. The van der Waals surface area contributed by atoms with Gasteiger partial charge in [-0.05, 0) is 30.0 Å². The van der Waals surface area contributed by atoms with Crippen molar-refractivity contribution < 1.29 is 9.84 Å². The lowest BCUT2D eigenvalue weighted by atomic mass is 10.1. The minimum absolute atomic E-state index is 0.656. The molecule has 3 aromatic rings. The number of aromatic nitrogens is 2. The van der Waals surface area contributed by atoms with Crippen molar-refractivity contribution in [1.82, 2.24) is 9.38 Å². The molecule has 0 aliphatic heterocycles. The smallest absolute Gasteiger partial charge is 0.200 e. The van der Waals surface area contributed by atoms with E-state index in [4.69, 9.17) is 4.74 Å². The highest BCUT2D eigenvalue weighted by Gasteiger charge is 2.10. The van der Waals surface area contributed by atoms with Crippen molar-refractivity contribution in [2.75, 3.05) is 7.11 Å². The van der Waals surface area contributed by atoms with Crippen LogP contribution in [0.1, 0.15) is 12.6 Å². The van der Waals surface area contributed by atoms with Crippen LogP contribution in [-0.4, -0.2) is 27.7 Å². The van der Waals surface area contributed by atoms with Crippen LogP contribution in [0.4, 0.5) is 0 Å². The third kappa shape index (κ3) is 2.67. The van der Waals surface area contributed by atoms with Gasteiger partial charge in [0.05, 0.1) is 13.3 Å². The number of methoxy groups -OCH3 is 1. The third-order valence-electron chi connectivity index (χ3n) is 3.30. The Morgan fingerprint density at radius 1 is 1.18 bits per heavy atom. The first-order chi connectivity index (χ1) is 10.7. The molecule has 1 atom stereocenters. The number of rotatable bonds is 2. The van der Waals surface area contributed by atoms with Crippen molar-refractivity contribution in [3.8, 4) is 28.8 Å².